The molecule has 7 nitrogen and oxygen atoms in total. The summed E-state index contributed by atoms with van der Waals surface area (Å²) in [7, 11) is 0. The van der Waals surface area contributed by atoms with Gasteiger partial charge in [-0.3, -0.25) is 20.2 Å². The van der Waals surface area contributed by atoms with Crippen molar-refractivity contribution in [2.45, 2.75) is 11.4 Å². The van der Waals surface area contributed by atoms with Crippen molar-refractivity contribution in [2.75, 3.05) is 5.75 Å². The van der Waals surface area contributed by atoms with Gasteiger partial charge in [0.25, 0.3) is 0 Å². The Labute approximate surface area is 94.0 Å². The van der Waals surface area contributed by atoms with Gasteiger partial charge in [0.2, 0.25) is 0 Å². The van der Waals surface area contributed by atoms with Gasteiger partial charge < -0.3 is 9.52 Å². The first-order valence-electron chi connectivity index (χ1n) is 4.42. The normalized spacial score (nSPS) is 24.5. The van der Waals surface area contributed by atoms with Crippen molar-refractivity contribution in [3.63, 3.8) is 0 Å². The monoisotopic (exact) mass is 244 g/mol. The number of nitrogens with zero attached hydrogens (tertiary/aromatic N) is 1. The molecule has 2 N–H and O–H groups in total. The number of nitro groups is 1. The standard InChI is InChI=1S/C8H8N2O5S/c11-8(12)4-3-16-7(9-4)5-1-2-6(15-5)10(13)14/h1-2,4,7,9H,3H2,(H,11,12)/t4-,7?/m1/s1. The second-order valence-corrected chi connectivity index (χ2v) is 4.34. The van der Waals surface area contributed by atoms with Gasteiger partial charge in [-0.2, -0.15) is 0 Å². The Balaban J connectivity index is 2.08. The highest BCUT2D eigenvalue weighted by molar-refractivity contribution is 7.99. The van der Waals surface area contributed by atoms with Crippen LogP contribution in [0.2, 0.25) is 0 Å². The number of carboxylic acid groups (broad SMARTS) is 1. The van der Waals surface area contributed by atoms with Crippen LogP contribution in [-0.4, -0.2) is 27.8 Å². The number of carboxylic acids is 1. The van der Waals surface area contributed by atoms with Crippen LogP contribution in [0.5, 0.6) is 0 Å². The number of hydrogen-bond acceptors (Lipinski definition) is 6. The molecule has 0 radical (unpaired) electrons. The van der Waals surface area contributed by atoms with Gasteiger partial charge in [-0.05, 0) is 6.07 Å². The smallest absolute Gasteiger partial charge is 0.433 e. The molecule has 1 aromatic heterocycles. The van der Waals surface area contributed by atoms with Gasteiger partial charge in [-0.25, -0.2) is 0 Å². The summed E-state index contributed by atoms with van der Waals surface area (Å²) < 4.78 is 4.98. The Hall–Kier alpha value is -1.54. The van der Waals surface area contributed by atoms with Gasteiger partial charge in [-0.15, -0.1) is 11.8 Å². The molecule has 0 saturated carbocycles. The number of thioether (sulfide) groups is 1. The zero-order chi connectivity index (χ0) is 11.7. The quantitative estimate of drug-likeness (QED) is 0.602. The van der Waals surface area contributed by atoms with Crippen molar-refractivity contribution in [2.24, 2.45) is 0 Å². The van der Waals surface area contributed by atoms with Crippen LogP contribution in [0, 0.1) is 10.1 Å². The molecular weight excluding hydrogens is 236 g/mol. The second-order valence-electron chi connectivity index (χ2n) is 3.20. The van der Waals surface area contributed by atoms with E-state index in [4.69, 9.17) is 9.52 Å². The van der Waals surface area contributed by atoms with Crippen LogP contribution >= 0.6 is 11.8 Å². The third-order valence-corrected chi connectivity index (χ3v) is 3.36. The summed E-state index contributed by atoms with van der Waals surface area (Å²) in [5.41, 5.74) is 0. The lowest BCUT2D eigenvalue weighted by molar-refractivity contribution is -0.402. The maximum absolute atomic E-state index is 10.7. The molecule has 0 spiro atoms. The van der Waals surface area contributed by atoms with Crippen molar-refractivity contribution < 1.29 is 19.2 Å². The fourth-order valence-electron chi connectivity index (χ4n) is 1.36. The maximum Gasteiger partial charge on any atom is 0.433 e. The molecule has 1 fully saturated rings. The molecule has 2 heterocycles. The molecule has 0 aromatic carbocycles. The minimum atomic E-state index is -0.934. The first-order valence-corrected chi connectivity index (χ1v) is 5.47. The van der Waals surface area contributed by atoms with E-state index < -0.39 is 16.9 Å². The maximum atomic E-state index is 10.7. The third-order valence-electron chi connectivity index (χ3n) is 2.13. The average Bonchev–Trinajstić information content (AvgIpc) is 2.86. The van der Waals surface area contributed by atoms with Gasteiger partial charge in [0.05, 0.1) is 6.07 Å². The zero-order valence-electron chi connectivity index (χ0n) is 7.95. The predicted octanol–water partition coefficient (Wildman–Crippen LogP) is 0.976. The lowest BCUT2D eigenvalue weighted by Crippen LogP contribution is -2.33. The molecule has 2 rings (SSSR count). The molecule has 1 aliphatic rings. The van der Waals surface area contributed by atoms with Gasteiger partial charge in [0.1, 0.15) is 22.1 Å². The summed E-state index contributed by atoms with van der Waals surface area (Å²) in [4.78, 5) is 20.4. The third kappa shape index (κ3) is 2.02. The highest BCUT2D eigenvalue weighted by Gasteiger charge is 2.32. The van der Waals surface area contributed by atoms with E-state index in [9.17, 15) is 14.9 Å². The van der Waals surface area contributed by atoms with Crippen LogP contribution < -0.4 is 5.32 Å². The molecule has 0 bridgehead atoms. The summed E-state index contributed by atoms with van der Waals surface area (Å²) in [6.45, 7) is 0. The summed E-state index contributed by atoms with van der Waals surface area (Å²) in [5, 5.41) is 21.6. The number of nitrogens with one attached hydrogen (secondary N) is 1. The van der Waals surface area contributed by atoms with E-state index >= 15 is 0 Å². The topological polar surface area (TPSA) is 106 Å². The summed E-state index contributed by atoms with van der Waals surface area (Å²) >= 11 is 1.35. The molecule has 2 atom stereocenters. The SMILES string of the molecule is O=C(O)[C@H]1CSC(c2ccc([N+](=O)[O-])o2)N1. The van der Waals surface area contributed by atoms with E-state index in [1.807, 2.05) is 0 Å². The Kier molecular flexibility index (Phi) is 2.84. The lowest BCUT2D eigenvalue weighted by atomic mass is 10.3. The number of carbonyl (C=O) groups is 1. The first-order chi connectivity index (χ1) is 7.58. The molecule has 16 heavy (non-hydrogen) atoms. The van der Waals surface area contributed by atoms with Crippen molar-refractivity contribution in [1.82, 2.24) is 5.32 Å². The number of hydrogen-bond donors (Lipinski definition) is 2. The molecule has 8 heteroatoms. The summed E-state index contributed by atoms with van der Waals surface area (Å²) in [6.07, 6.45) is 0. The fourth-order valence-corrected chi connectivity index (χ4v) is 2.53. The molecule has 1 saturated heterocycles. The molecule has 1 aliphatic heterocycles. The van der Waals surface area contributed by atoms with Crippen LogP contribution in [-0.2, 0) is 4.79 Å². The molecule has 1 aromatic rings. The average molecular weight is 244 g/mol. The minimum Gasteiger partial charge on any atom is -0.480 e. The fraction of sp³-hybridized carbons (Fsp3) is 0.375. The van der Waals surface area contributed by atoms with E-state index in [1.165, 1.54) is 23.9 Å². The van der Waals surface area contributed by atoms with Crippen molar-refractivity contribution >= 4 is 23.6 Å². The van der Waals surface area contributed by atoms with Gasteiger partial charge in [0, 0.05) is 5.75 Å². The lowest BCUT2D eigenvalue weighted by Gasteiger charge is -2.06. The van der Waals surface area contributed by atoms with Crippen LogP contribution in [0.3, 0.4) is 0 Å². The largest absolute Gasteiger partial charge is 0.480 e. The van der Waals surface area contributed by atoms with E-state index in [2.05, 4.69) is 5.32 Å². The number of furan rings is 1. The van der Waals surface area contributed by atoms with E-state index in [-0.39, 0.29) is 11.3 Å². The Morgan fingerprint density at radius 3 is 2.94 bits per heavy atom. The van der Waals surface area contributed by atoms with Gasteiger partial charge in [0.15, 0.2) is 0 Å². The Bertz CT molecular complexity index is 432. The summed E-state index contributed by atoms with van der Waals surface area (Å²) in [5.74, 6) is -0.484. The van der Waals surface area contributed by atoms with Crippen LogP contribution in [0.15, 0.2) is 16.5 Å². The van der Waals surface area contributed by atoms with Crippen molar-refractivity contribution in [3.8, 4) is 0 Å². The van der Waals surface area contributed by atoms with Crippen LogP contribution in [0.4, 0.5) is 5.88 Å². The molecular formula is C8H8N2O5S. The zero-order valence-corrected chi connectivity index (χ0v) is 8.77. The van der Waals surface area contributed by atoms with Crippen molar-refractivity contribution in [3.05, 3.63) is 28.0 Å². The van der Waals surface area contributed by atoms with E-state index in [0.717, 1.165) is 0 Å². The van der Waals surface area contributed by atoms with Crippen molar-refractivity contribution in [1.29, 1.82) is 0 Å². The van der Waals surface area contributed by atoms with E-state index in [1.54, 1.807) is 0 Å². The number of rotatable bonds is 3. The predicted molar refractivity (Wildman–Crippen MR) is 55.1 cm³/mol. The van der Waals surface area contributed by atoms with E-state index in [0.29, 0.717) is 11.5 Å². The highest BCUT2D eigenvalue weighted by atomic mass is 32.2. The Morgan fingerprint density at radius 2 is 2.44 bits per heavy atom. The molecule has 0 aliphatic carbocycles. The summed E-state index contributed by atoms with van der Waals surface area (Å²) in [6, 6.07) is 2.10. The second kappa shape index (κ2) is 4.14. The van der Waals surface area contributed by atoms with Gasteiger partial charge >= 0.3 is 11.9 Å². The van der Waals surface area contributed by atoms with Gasteiger partial charge in [-0.1, -0.05) is 0 Å². The minimum absolute atomic E-state index is 0.337. The number of aliphatic carboxylic acids is 1. The molecule has 1 unspecified atom stereocenters. The molecule has 0 amide bonds. The van der Waals surface area contributed by atoms with Crippen LogP contribution in [0.1, 0.15) is 11.1 Å². The molecule has 86 valence electrons. The van der Waals surface area contributed by atoms with Crippen LogP contribution in [0.25, 0.3) is 0 Å². The Morgan fingerprint density at radius 1 is 1.69 bits per heavy atom. The highest BCUT2D eigenvalue weighted by Crippen LogP contribution is 2.34. The first kappa shape index (κ1) is 11.0.